The van der Waals surface area contributed by atoms with E-state index in [0.717, 1.165) is 4.88 Å². The zero-order valence-corrected chi connectivity index (χ0v) is 15.3. The van der Waals surface area contributed by atoms with E-state index in [9.17, 15) is 10.1 Å². The summed E-state index contributed by atoms with van der Waals surface area (Å²) in [5.74, 6) is 0.0417. The number of carbonyl (C=O) groups excluding carboxylic acids is 1. The minimum absolute atomic E-state index is 0.0306. The summed E-state index contributed by atoms with van der Waals surface area (Å²) in [4.78, 5) is 19.4. The highest BCUT2D eigenvalue weighted by Gasteiger charge is 2.25. The van der Waals surface area contributed by atoms with Crippen molar-refractivity contribution in [1.29, 1.82) is 5.26 Å². The molecule has 6 nitrogen and oxygen atoms in total. The summed E-state index contributed by atoms with van der Waals surface area (Å²) in [6, 6.07) is 8.70. The van der Waals surface area contributed by atoms with Crippen molar-refractivity contribution in [3.05, 3.63) is 56.2 Å². The monoisotopic (exact) mass is 393 g/mol. The first-order valence-corrected chi connectivity index (χ1v) is 8.94. The molecule has 128 valence electrons. The molecule has 1 saturated heterocycles. The SMILES string of the molecule is N#C/C(C(=O)Nc1ccc(Cl)cc1)=C1/NCCN1Cc1cnc(Cl)s1. The van der Waals surface area contributed by atoms with Crippen LogP contribution in [0.3, 0.4) is 0 Å². The van der Waals surface area contributed by atoms with Crippen molar-refractivity contribution in [1.82, 2.24) is 15.2 Å². The van der Waals surface area contributed by atoms with E-state index in [1.54, 1.807) is 30.5 Å². The number of hydrogen-bond acceptors (Lipinski definition) is 6. The number of halogens is 2. The number of amides is 1. The van der Waals surface area contributed by atoms with Crippen LogP contribution in [-0.2, 0) is 11.3 Å². The van der Waals surface area contributed by atoms with Gasteiger partial charge < -0.3 is 15.5 Å². The van der Waals surface area contributed by atoms with Crippen molar-refractivity contribution < 1.29 is 4.79 Å². The van der Waals surface area contributed by atoms with Gasteiger partial charge in [0.15, 0.2) is 10.0 Å². The van der Waals surface area contributed by atoms with Gasteiger partial charge in [-0.1, -0.05) is 23.2 Å². The number of aromatic nitrogens is 1. The predicted molar refractivity (Wildman–Crippen MR) is 98.3 cm³/mol. The van der Waals surface area contributed by atoms with Gasteiger partial charge >= 0.3 is 0 Å². The van der Waals surface area contributed by atoms with Gasteiger partial charge in [0.25, 0.3) is 5.91 Å². The Hall–Kier alpha value is -2.27. The molecule has 0 saturated carbocycles. The van der Waals surface area contributed by atoms with Gasteiger partial charge in [-0.15, -0.1) is 11.3 Å². The quantitative estimate of drug-likeness (QED) is 0.615. The van der Waals surface area contributed by atoms with Crippen molar-refractivity contribution >= 4 is 46.1 Å². The molecule has 1 amide bonds. The second kappa shape index (κ2) is 7.74. The van der Waals surface area contributed by atoms with Crippen LogP contribution in [-0.4, -0.2) is 28.9 Å². The van der Waals surface area contributed by atoms with E-state index in [1.165, 1.54) is 11.3 Å². The van der Waals surface area contributed by atoms with Gasteiger partial charge in [-0.05, 0) is 24.3 Å². The van der Waals surface area contributed by atoms with Crippen LogP contribution in [0.2, 0.25) is 9.49 Å². The largest absolute Gasteiger partial charge is 0.369 e. The van der Waals surface area contributed by atoms with Crippen LogP contribution in [0.4, 0.5) is 5.69 Å². The lowest BCUT2D eigenvalue weighted by Crippen LogP contribution is -2.25. The minimum Gasteiger partial charge on any atom is -0.369 e. The lowest BCUT2D eigenvalue weighted by atomic mass is 10.2. The van der Waals surface area contributed by atoms with Gasteiger partial charge in [0, 0.05) is 34.9 Å². The maximum Gasteiger partial charge on any atom is 0.270 e. The Balaban J connectivity index is 1.79. The highest BCUT2D eigenvalue weighted by atomic mass is 35.5. The number of nitrogens with one attached hydrogen (secondary N) is 2. The average molecular weight is 394 g/mol. The summed E-state index contributed by atoms with van der Waals surface area (Å²) >= 11 is 13.1. The van der Waals surface area contributed by atoms with Gasteiger partial charge in [-0.3, -0.25) is 4.79 Å². The summed E-state index contributed by atoms with van der Waals surface area (Å²) in [7, 11) is 0. The van der Waals surface area contributed by atoms with E-state index in [4.69, 9.17) is 23.2 Å². The number of nitrogens with zero attached hydrogens (tertiary/aromatic N) is 3. The van der Waals surface area contributed by atoms with Crippen molar-refractivity contribution in [2.45, 2.75) is 6.54 Å². The maximum absolute atomic E-state index is 12.5. The van der Waals surface area contributed by atoms with E-state index in [-0.39, 0.29) is 5.57 Å². The molecule has 2 heterocycles. The molecule has 2 N–H and O–H groups in total. The van der Waals surface area contributed by atoms with Crippen LogP contribution >= 0.6 is 34.5 Å². The number of nitriles is 1. The number of benzene rings is 1. The first-order valence-electron chi connectivity index (χ1n) is 7.37. The van der Waals surface area contributed by atoms with Crippen molar-refractivity contribution in [2.24, 2.45) is 0 Å². The van der Waals surface area contributed by atoms with Crippen molar-refractivity contribution in [2.75, 3.05) is 18.4 Å². The maximum atomic E-state index is 12.5. The standard InChI is InChI=1S/C16H13Cl2N5OS/c17-10-1-3-11(4-2-10)22-15(24)13(7-19)14-20-5-6-23(14)9-12-8-21-16(18)25-12/h1-4,8,20H,5-6,9H2,(H,22,24)/b14-13+. The van der Waals surface area contributed by atoms with Crippen molar-refractivity contribution in [3.8, 4) is 6.07 Å². The number of rotatable bonds is 4. The van der Waals surface area contributed by atoms with Gasteiger partial charge in [0.2, 0.25) is 0 Å². The van der Waals surface area contributed by atoms with E-state index >= 15 is 0 Å². The highest BCUT2D eigenvalue weighted by Crippen LogP contribution is 2.23. The number of carbonyl (C=O) groups is 1. The van der Waals surface area contributed by atoms with Crippen LogP contribution in [0.1, 0.15) is 4.88 Å². The molecule has 1 aromatic carbocycles. The van der Waals surface area contributed by atoms with Gasteiger partial charge in [-0.2, -0.15) is 5.26 Å². The minimum atomic E-state index is -0.471. The third-order valence-electron chi connectivity index (χ3n) is 3.54. The van der Waals surface area contributed by atoms with Crippen LogP contribution < -0.4 is 10.6 Å². The number of hydrogen-bond donors (Lipinski definition) is 2. The first kappa shape index (κ1) is 17.5. The van der Waals surface area contributed by atoms with Gasteiger partial charge in [0.05, 0.1) is 6.54 Å². The van der Waals surface area contributed by atoms with Gasteiger partial charge in [0.1, 0.15) is 11.9 Å². The first-order chi connectivity index (χ1) is 12.1. The Kier molecular flexibility index (Phi) is 5.43. The molecule has 1 aliphatic rings. The van der Waals surface area contributed by atoms with Crippen molar-refractivity contribution in [3.63, 3.8) is 0 Å². The Morgan fingerprint density at radius 3 is 2.80 bits per heavy atom. The smallest absolute Gasteiger partial charge is 0.270 e. The Morgan fingerprint density at radius 1 is 1.40 bits per heavy atom. The fourth-order valence-electron chi connectivity index (χ4n) is 2.42. The number of thiazole rings is 1. The van der Waals surface area contributed by atoms with Crippen LogP contribution in [0.15, 0.2) is 41.9 Å². The van der Waals surface area contributed by atoms with Crippen LogP contribution in [0, 0.1) is 11.3 Å². The molecule has 9 heteroatoms. The molecule has 0 spiro atoms. The molecule has 3 rings (SSSR count). The molecule has 0 atom stereocenters. The fourth-order valence-corrected chi connectivity index (χ4v) is 3.54. The Morgan fingerprint density at radius 2 is 2.16 bits per heavy atom. The average Bonchev–Trinajstić information content (AvgIpc) is 3.20. The lowest BCUT2D eigenvalue weighted by Gasteiger charge is -2.19. The zero-order chi connectivity index (χ0) is 17.8. The topological polar surface area (TPSA) is 81.0 Å². The molecule has 1 aromatic heterocycles. The fraction of sp³-hybridized carbons (Fsp3) is 0.188. The molecule has 0 radical (unpaired) electrons. The summed E-state index contributed by atoms with van der Waals surface area (Å²) in [5, 5.41) is 15.9. The van der Waals surface area contributed by atoms with E-state index in [1.807, 2.05) is 11.0 Å². The van der Waals surface area contributed by atoms with Gasteiger partial charge in [-0.25, -0.2) is 4.98 Å². The van der Waals surface area contributed by atoms with Crippen LogP contribution in [0.25, 0.3) is 0 Å². The molecule has 0 unspecified atom stereocenters. The van der Waals surface area contributed by atoms with E-state index in [0.29, 0.717) is 40.6 Å². The summed E-state index contributed by atoms with van der Waals surface area (Å²) < 4.78 is 0.466. The summed E-state index contributed by atoms with van der Waals surface area (Å²) in [6.45, 7) is 1.87. The highest BCUT2D eigenvalue weighted by molar-refractivity contribution is 7.15. The molecule has 0 bridgehead atoms. The second-order valence-electron chi connectivity index (χ2n) is 5.22. The number of anilines is 1. The lowest BCUT2D eigenvalue weighted by molar-refractivity contribution is -0.112. The molecule has 1 aliphatic heterocycles. The zero-order valence-electron chi connectivity index (χ0n) is 12.9. The van der Waals surface area contributed by atoms with Crippen LogP contribution in [0.5, 0.6) is 0 Å². The molecular formula is C16H13Cl2N5OS. The predicted octanol–water partition coefficient (Wildman–Crippen LogP) is 3.23. The Labute approximate surface area is 158 Å². The third-order valence-corrected chi connectivity index (χ3v) is 4.89. The summed E-state index contributed by atoms with van der Waals surface area (Å²) in [5.41, 5.74) is 0.601. The molecular weight excluding hydrogens is 381 g/mol. The molecule has 25 heavy (non-hydrogen) atoms. The molecule has 0 aliphatic carbocycles. The second-order valence-corrected chi connectivity index (χ2v) is 7.36. The molecule has 2 aromatic rings. The normalized spacial score (nSPS) is 15.5. The molecule has 1 fully saturated rings. The van der Waals surface area contributed by atoms with E-state index < -0.39 is 5.91 Å². The third kappa shape index (κ3) is 4.23. The summed E-state index contributed by atoms with van der Waals surface area (Å²) in [6.07, 6.45) is 1.70. The Bertz CT molecular complexity index is 856. The van der Waals surface area contributed by atoms with E-state index in [2.05, 4.69) is 15.6 Å².